The van der Waals surface area contributed by atoms with E-state index >= 15 is 0 Å². The van der Waals surface area contributed by atoms with E-state index in [1.54, 1.807) is 0 Å². The van der Waals surface area contributed by atoms with Crippen molar-refractivity contribution in [3.8, 4) is 0 Å². The fourth-order valence-corrected chi connectivity index (χ4v) is 2.07. The zero-order valence-corrected chi connectivity index (χ0v) is 11.5. The molecule has 0 radical (unpaired) electrons. The molecule has 18 heavy (non-hydrogen) atoms. The van der Waals surface area contributed by atoms with Crippen molar-refractivity contribution < 1.29 is 0 Å². The van der Waals surface area contributed by atoms with Gasteiger partial charge in [0, 0.05) is 23.8 Å². The van der Waals surface area contributed by atoms with Crippen molar-refractivity contribution in [2.75, 3.05) is 0 Å². The van der Waals surface area contributed by atoms with Crippen LogP contribution in [0.2, 0.25) is 5.02 Å². The predicted molar refractivity (Wildman–Crippen MR) is 74.7 cm³/mol. The number of rotatable bonds is 4. The number of hydrogen-bond donors (Lipinski definition) is 1. The van der Waals surface area contributed by atoms with Gasteiger partial charge in [0.15, 0.2) is 0 Å². The third-order valence-corrected chi connectivity index (χ3v) is 3.50. The number of halogens is 1. The van der Waals surface area contributed by atoms with E-state index in [4.69, 9.17) is 17.3 Å². The van der Waals surface area contributed by atoms with E-state index < -0.39 is 0 Å². The summed E-state index contributed by atoms with van der Waals surface area (Å²) in [5, 5.41) is 5.04. The first-order chi connectivity index (χ1) is 8.60. The molecule has 0 bridgehead atoms. The number of nitrogens with two attached hydrogens (primary N) is 1. The van der Waals surface area contributed by atoms with Gasteiger partial charge in [-0.05, 0) is 43.0 Å². The summed E-state index contributed by atoms with van der Waals surface area (Å²) >= 11 is 6.01. The molecule has 0 saturated heterocycles. The fraction of sp³-hybridized carbons (Fsp3) is 0.357. The van der Waals surface area contributed by atoms with Crippen molar-refractivity contribution in [3.05, 3.63) is 52.3 Å². The van der Waals surface area contributed by atoms with E-state index in [-0.39, 0.29) is 6.04 Å². The van der Waals surface area contributed by atoms with E-state index in [0.717, 1.165) is 34.7 Å². The minimum Gasteiger partial charge on any atom is -0.324 e. The van der Waals surface area contributed by atoms with E-state index in [2.05, 4.69) is 18.1 Å². The lowest BCUT2D eigenvalue weighted by molar-refractivity contribution is 0.657. The third-order valence-electron chi connectivity index (χ3n) is 3.08. The molecule has 1 aromatic carbocycles. The standard InChI is InChI=1S/C14H18ClN3/c1-3-18-9-11(8-17-18)7-14(16)12-4-5-13(15)10(2)6-12/h4-6,8-9,14H,3,7,16H2,1-2H3. The number of aromatic nitrogens is 2. The molecule has 0 aliphatic heterocycles. The highest BCUT2D eigenvalue weighted by molar-refractivity contribution is 6.31. The van der Waals surface area contributed by atoms with Crippen LogP contribution in [0.15, 0.2) is 30.6 Å². The minimum absolute atomic E-state index is 0.0181. The Bertz CT molecular complexity index is 534. The molecule has 2 N–H and O–H groups in total. The number of hydrogen-bond acceptors (Lipinski definition) is 2. The zero-order chi connectivity index (χ0) is 13.1. The van der Waals surface area contributed by atoms with Crippen molar-refractivity contribution in [1.82, 2.24) is 9.78 Å². The maximum absolute atomic E-state index is 6.22. The molecule has 1 atom stereocenters. The SMILES string of the molecule is CCn1cc(CC(N)c2ccc(Cl)c(C)c2)cn1. The predicted octanol–water partition coefficient (Wildman–Crippen LogP) is 3.11. The van der Waals surface area contributed by atoms with Crippen LogP contribution in [0.4, 0.5) is 0 Å². The van der Waals surface area contributed by atoms with Crippen molar-refractivity contribution in [1.29, 1.82) is 0 Å². The van der Waals surface area contributed by atoms with E-state index in [1.165, 1.54) is 0 Å². The Hall–Kier alpha value is -1.32. The van der Waals surface area contributed by atoms with Crippen LogP contribution >= 0.6 is 11.6 Å². The molecule has 1 aromatic heterocycles. The van der Waals surface area contributed by atoms with Crippen LogP contribution < -0.4 is 5.73 Å². The highest BCUT2D eigenvalue weighted by Crippen LogP contribution is 2.21. The topological polar surface area (TPSA) is 43.8 Å². The summed E-state index contributed by atoms with van der Waals surface area (Å²) in [6, 6.07) is 5.93. The van der Waals surface area contributed by atoms with Gasteiger partial charge in [0.05, 0.1) is 6.20 Å². The average molecular weight is 264 g/mol. The normalized spacial score (nSPS) is 12.7. The van der Waals surface area contributed by atoms with Gasteiger partial charge in [-0.1, -0.05) is 23.7 Å². The van der Waals surface area contributed by atoms with Gasteiger partial charge in [-0.15, -0.1) is 0 Å². The van der Waals surface area contributed by atoms with Gasteiger partial charge < -0.3 is 5.73 Å². The Kier molecular flexibility index (Phi) is 4.04. The van der Waals surface area contributed by atoms with Crippen LogP contribution in [0.5, 0.6) is 0 Å². The molecule has 0 aliphatic rings. The molecule has 0 saturated carbocycles. The Morgan fingerprint density at radius 2 is 2.22 bits per heavy atom. The first-order valence-corrected chi connectivity index (χ1v) is 6.51. The van der Waals surface area contributed by atoms with Crippen LogP contribution in [0, 0.1) is 6.92 Å². The second-order valence-electron chi connectivity index (χ2n) is 4.52. The van der Waals surface area contributed by atoms with Gasteiger partial charge in [0.25, 0.3) is 0 Å². The molecule has 1 heterocycles. The quantitative estimate of drug-likeness (QED) is 0.921. The van der Waals surface area contributed by atoms with Crippen LogP contribution in [-0.2, 0) is 13.0 Å². The van der Waals surface area contributed by atoms with Gasteiger partial charge in [-0.3, -0.25) is 4.68 Å². The molecular formula is C14H18ClN3. The molecule has 1 unspecified atom stereocenters. The van der Waals surface area contributed by atoms with Crippen molar-refractivity contribution in [2.24, 2.45) is 5.73 Å². The Morgan fingerprint density at radius 3 is 2.83 bits per heavy atom. The molecule has 4 heteroatoms. The highest BCUT2D eigenvalue weighted by atomic mass is 35.5. The summed E-state index contributed by atoms with van der Waals surface area (Å²) in [6.07, 6.45) is 4.72. The monoisotopic (exact) mass is 263 g/mol. The summed E-state index contributed by atoms with van der Waals surface area (Å²) in [7, 11) is 0. The average Bonchev–Trinajstić information content (AvgIpc) is 2.80. The van der Waals surface area contributed by atoms with Gasteiger partial charge in [-0.25, -0.2) is 0 Å². The molecule has 2 aromatic rings. The molecular weight excluding hydrogens is 246 g/mol. The molecule has 0 spiro atoms. The minimum atomic E-state index is -0.0181. The Labute approximate surface area is 113 Å². The van der Waals surface area contributed by atoms with Crippen molar-refractivity contribution >= 4 is 11.6 Å². The molecule has 0 amide bonds. The smallest absolute Gasteiger partial charge is 0.0522 e. The van der Waals surface area contributed by atoms with Gasteiger partial charge in [0.1, 0.15) is 0 Å². The van der Waals surface area contributed by atoms with E-state index in [0.29, 0.717) is 0 Å². The van der Waals surface area contributed by atoms with Gasteiger partial charge >= 0.3 is 0 Å². The first-order valence-electron chi connectivity index (χ1n) is 6.13. The summed E-state index contributed by atoms with van der Waals surface area (Å²) in [4.78, 5) is 0. The summed E-state index contributed by atoms with van der Waals surface area (Å²) < 4.78 is 1.91. The maximum Gasteiger partial charge on any atom is 0.0522 e. The third kappa shape index (κ3) is 2.92. The summed E-state index contributed by atoms with van der Waals surface area (Å²) in [5.74, 6) is 0. The second-order valence-corrected chi connectivity index (χ2v) is 4.93. The summed E-state index contributed by atoms with van der Waals surface area (Å²) in [5.41, 5.74) is 9.56. The zero-order valence-electron chi connectivity index (χ0n) is 10.7. The van der Waals surface area contributed by atoms with Gasteiger partial charge in [-0.2, -0.15) is 5.10 Å². The molecule has 2 rings (SSSR count). The van der Waals surface area contributed by atoms with Crippen LogP contribution in [0.3, 0.4) is 0 Å². The highest BCUT2D eigenvalue weighted by Gasteiger charge is 2.09. The number of aryl methyl sites for hydroxylation is 2. The number of nitrogens with zero attached hydrogens (tertiary/aromatic N) is 2. The van der Waals surface area contributed by atoms with Crippen LogP contribution in [0.25, 0.3) is 0 Å². The molecule has 0 fully saturated rings. The molecule has 0 aliphatic carbocycles. The molecule has 96 valence electrons. The summed E-state index contributed by atoms with van der Waals surface area (Å²) in [6.45, 7) is 4.95. The van der Waals surface area contributed by atoms with Gasteiger partial charge in [0.2, 0.25) is 0 Å². The van der Waals surface area contributed by atoms with Crippen LogP contribution in [-0.4, -0.2) is 9.78 Å². The molecule has 3 nitrogen and oxygen atoms in total. The Morgan fingerprint density at radius 1 is 1.44 bits per heavy atom. The maximum atomic E-state index is 6.22. The fourth-order valence-electron chi connectivity index (χ4n) is 1.96. The number of benzene rings is 1. The van der Waals surface area contributed by atoms with E-state index in [1.807, 2.05) is 36.1 Å². The first kappa shape index (κ1) is 13.1. The largest absolute Gasteiger partial charge is 0.324 e. The second kappa shape index (κ2) is 5.55. The van der Waals surface area contributed by atoms with E-state index in [9.17, 15) is 0 Å². The van der Waals surface area contributed by atoms with Crippen molar-refractivity contribution in [2.45, 2.75) is 32.9 Å². The lowest BCUT2D eigenvalue weighted by atomic mass is 10.00. The van der Waals surface area contributed by atoms with Crippen LogP contribution in [0.1, 0.15) is 29.7 Å². The lowest BCUT2D eigenvalue weighted by Gasteiger charge is -2.12. The lowest BCUT2D eigenvalue weighted by Crippen LogP contribution is -2.13. The van der Waals surface area contributed by atoms with Crippen molar-refractivity contribution in [3.63, 3.8) is 0 Å². The Balaban J connectivity index is 2.11.